The number of nitrogens with zero attached hydrogens (tertiary/aromatic N) is 3. The summed E-state index contributed by atoms with van der Waals surface area (Å²) in [6, 6.07) is 6.34. The van der Waals surface area contributed by atoms with Gasteiger partial charge in [0.1, 0.15) is 5.65 Å². The number of H-pyrrole nitrogens is 1. The van der Waals surface area contributed by atoms with Crippen molar-refractivity contribution in [3.63, 3.8) is 0 Å². The molecule has 0 radical (unpaired) electrons. The van der Waals surface area contributed by atoms with Gasteiger partial charge in [0.25, 0.3) is 0 Å². The van der Waals surface area contributed by atoms with Gasteiger partial charge in [-0.25, -0.2) is 14.4 Å². The highest BCUT2D eigenvalue weighted by atomic mass is 19.1. The normalized spacial score (nSPS) is 11.3. The van der Waals surface area contributed by atoms with E-state index in [0.29, 0.717) is 11.3 Å². The molecular weight excluding hydrogens is 274 g/mol. The monoisotopic (exact) mass is 282 g/mol. The first-order chi connectivity index (χ1) is 10.2. The molecule has 4 nitrogen and oxygen atoms in total. The van der Waals surface area contributed by atoms with Crippen LogP contribution in [0.2, 0.25) is 0 Å². The van der Waals surface area contributed by atoms with Gasteiger partial charge in [0.05, 0.1) is 17.4 Å². The highest BCUT2D eigenvalue weighted by Crippen LogP contribution is 2.27. The van der Waals surface area contributed by atoms with Crippen molar-refractivity contribution in [1.29, 1.82) is 0 Å². The number of aromatic nitrogens is 4. The van der Waals surface area contributed by atoms with Crippen LogP contribution in [0.5, 0.6) is 0 Å². The van der Waals surface area contributed by atoms with E-state index >= 15 is 0 Å². The fourth-order valence-corrected chi connectivity index (χ4v) is 2.38. The SMILES string of the molecule is Fc1cc(-c2ccc3c(n2)[nH]c2ccncc23)c(F)cn1. The fourth-order valence-electron chi connectivity index (χ4n) is 2.38. The first kappa shape index (κ1) is 11.9. The number of hydrogen-bond acceptors (Lipinski definition) is 3. The Balaban J connectivity index is 1.98. The summed E-state index contributed by atoms with van der Waals surface area (Å²) in [5, 5.41) is 1.82. The van der Waals surface area contributed by atoms with Gasteiger partial charge in [0.15, 0.2) is 5.82 Å². The van der Waals surface area contributed by atoms with E-state index < -0.39 is 11.8 Å². The van der Waals surface area contributed by atoms with Crippen molar-refractivity contribution in [3.8, 4) is 11.3 Å². The smallest absolute Gasteiger partial charge is 0.213 e. The van der Waals surface area contributed by atoms with Crippen LogP contribution in [0.25, 0.3) is 33.2 Å². The van der Waals surface area contributed by atoms with E-state index in [1.165, 1.54) is 0 Å². The van der Waals surface area contributed by atoms with Crippen LogP contribution in [0, 0.1) is 11.8 Å². The summed E-state index contributed by atoms with van der Waals surface area (Å²) in [6.45, 7) is 0. The molecule has 0 saturated heterocycles. The molecule has 4 aromatic rings. The van der Waals surface area contributed by atoms with Gasteiger partial charge >= 0.3 is 0 Å². The quantitative estimate of drug-likeness (QED) is 0.544. The van der Waals surface area contributed by atoms with Crippen molar-refractivity contribution < 1.29 is 8.78 Å². The molecule has 0 aliphatic carbocycles. The predicted molar refractivity (Wildman–Crippen MR) is 74.5 cm³/mol. The van der Waals surface area contributed by atoms with Crippen LogP contribution < -0.4 is 0 Å². The third-order valence-electron chi connectivity index (χ3n) is 3.36. The van der Waals surface area contributed by atoms with E-state index in [4.69, 9.17) is 0 Å². The van der Waals surface area contributed by atoms with Gasteiger partial charge in [-0.15, -0.1) is 0 Å². The molecule has 0 amide bonds. The Morgan fingerprint density at radius 1 is 1.00 bits per heavy atom. The van der Waals surface area contributed by atoms with Gasteiger partial charge in [-0.1, -0.05) is 0 Å². The molecule has 0 bridgehead atoms. The maximum Gasteiger partial charge on any atom is 0.213 e. The molecule has 0 spiro atoms. The molecule has 0 atom stereocenters. The van der Waals surface area contributed by atoms with E-state index in [-0.39, 0.29) is 5.56 Å². The Kier molecular flexibility index (Phi) is 2.44. The van der Waals surface area contributed by atoms with Gasteiger partial charge in [-0.05, 0) is 18.2 Å². The topological polar surface area (TPSA) is 54.5 Å². The van der Waals surface area contributed by atoms with Crippen molar-refractivity contribution in [3.05, 3.63) is 54.6 Å². The Bertz CT molecular complexity index is 978. The summed E-state index contributed by atoms with van der Waals surface area (Å²) in [6.07, 6.45) is 4.27. The molecule has 4 aromatic heterocycles. The average Bonchev–Trinajstić information content (AvgIpc) is 2.87. The second-order valence-corrected chi connectivity index (χ2v) is 4.63. The molecule has 21 heavy (non-hydrogen) atoms. The summed E-state index contributed by atoms with van der Waals surface area (Å²) in [5.41, 5.74) is 1.93. The zero-order valence-corrected chi connectivity index (χ0v) is 10.6. The second-order valence-electron chi connectivity index (χ2n) is 4.63. The number of hydrogen-bond donors (Lipinski definition) is 1. The maximum absolute atomic E-state index is 13.8. The number of halogens is 2. The maximum atomic E-state index is 13.8. The van der Waals surface area contributed by atoms with Crippen LogP contribution in [0.1, 0.15) is 0 Å². The molecule has 4 heterocycles. The minimum atomic E-state index is -0.742. The number of rotatable bonds is 1. The number of nitrogens with one attached hydrogen (secondary N) is 1. The molecule has 102 valence electrons. The van der Waals surface area contributed by atoms with Crippen LogP contribution in [-0.2, 0) is 0 Å². The second kappa shape index (κ2) is 4.31. The molecule has 4 rings (SSSR count). The molecule has 0 aromatic carbocycles. The highest BCUT2D eigenvalue weighted by Gasteiger charge is 2.11. The van der Waals surface area contributed by atoms with Crippen molar-refractivity contribution in [2.45, 2.75) is 0 Å². The Morgan fingerprint density at radius 2 is 1.90 bits per heavy atom. The van der Waals surface area contributed by atoms with E-state index in [1.807, 2.05) is 12.1 Å². The van der Waals surface area contributed by atoms with Gasteiger partial charge in [-0.3, -0.25) is 4.98 Å². The number of pyridine rings is 3. The third kappa shape index (κ3) is 1.84. The molecule has 0 aliphatic heterocycles. The Labute approximate surface area is 117 Å². The number of aromatic amines is 1. The van der Waals surface area contributed by atoms with Crippen molar-refractivity contribution >= 4 is 21.9 Å². The molecule has 0 saturated carbocycles. The highest BCUT2D eigenvalue weighted by molar-refractivity contribution is 6.05. The first-order valence-corrected chi connectivity index (χ1v) is 6.26. The van der Waals surface area contributed by atoms with E-state index in [2.05, 4.69) is 19.9 Å². The largest absolute Gasteiger partial charge is 0.339 e. The lowest BCUT2D eigenvalue weighted by atomic mass is 10.1. The minimum Gasteiger partial charge on any atom is -0.339 e. The zero-order valence-electron chi connectivity index (χ0n) is 10.6. The standard InChI is InChI=1S/C15H8F2N4/c16-11-7-19-14(17)5-9(11)12-2-1-8-10-6-18-4-3-13(10)21-15(8)20-12/h1-7H,(H,20,21). The van der Waals surface area contributed by atoms with Crippen LogP contribution in [0.3, 0.4) is 0 Å². The van der Waals surface area contributed by atoms with E-state index in [9.17, 15) is 8.78 Å². The van der Waals surface area contributed by atoms with Crippen molar-refractivity contribution in [2.75, 3.05) is 0 Å². The first-order valence-electron chi connectivity index (χ1n) is 6.26. The molecular formula is C15H8F2N4. The Morgan fingerprint density at radius 3 is 2.81 bits per heavy atom. The fraction of sp³-hybridized carbons (Fsp3) is 0. The van der Waals surface area contributed by atoms with E-state index in [0.717, 1.165) is 28.6 Å². The molecule has 0 aliphatic rings. The van der Waals surface area contributed by atoms with Gasteiger partial charge in [0.2, 0.25) is 5.95 Å². The third-order valence-corrected chi connectivity index (χ3v) is 3.36. The van der Waals surface area contributed by atoms with E-state index in [1.54, 1.807) is 18.5 Å². The minimum absolute atomic E-state index is 0.0844. The summed E-state index contributed by atoms with van der Waals surface area (Å²) in [7, 11) is 0. The zero-order chi connectivity index (χ0) is 14.4. The molecule has 0 unspecified atom stereocenters. The number of fused-ring (bicyclic) bond motifs is 3. The van der Waals surface area contributed by atoms with Crippen LogP contribution >= 0.6 is 0 Å². The lowest BCUT2D eigenvalue weighted by Crippen LogP contribution is -1.92. The average molecular weight is 282 g/mol. The summed E-state index contributed by atoms with van der Waals surface area (Å²) < 4.78 is 27.0. The van der Waals surface area contributed by atoms with Crippen LogP contribution in [0.4, 0.5) is 8.78 Å². The summed E-state index contributed by atoms with van der Waals surface area (Å²) in [5.74, 6) is -1.35. The van der Waals surface area contributed by atoms with Gasteiger partial charge in [0, 0.05) is 34.8 Å². The molecule has 6 heteroatoms. The Hall–Kier alpha value is -2.89. The molecule has 0 fully saturated rings. The summed E-state index contributed by atoms with van der Waals surface area (Å²) in [4.78, 5) is 14.9. The van der Waals surface area contributed by atoms with Gasteiger partial charge < -0.3 is 4.98 Å². The lowest BCUT2D eigenvalue weighted by molar-refractivity contribution is 0.562. The molecule has 1 N–H and O–H groups in total. The lowest BCUT2D eigenvalue weighted by Gasteiger charge is -2.02. The van der Waals surface area contributed by atoms with Crippen LogP contribution in [0.15, 0.2) is 42.9 Å². The van der Waals surface area contributed by atoms with Gasteiger partial charge in [-0.2, -0.15) is 4.39 Å². The predicted octanol–water partition coefficient (Wildman–Crippen LogP) is 3.45. The van der Waals surface area contributed by atoms with Crippen molar-refractivity contribution in [1.82, 2.24) is 19.9 Å². The summed E-state index contributed by atoms with van der Waals surface area (Å²) >= 11 is 0. The van der Waals surface area contributed by atoms with Crippen molar-refractivity contribution in [2.24, 2.45) is 0 Å². The van der Waals surface area contributed by atoms with Crippen LogP contribution in [-0.4, -0.2) is 19.9 Å².